The first-order valence-electron chi connectivity index (χ1n) is 6.54. The number of benzene rings is 2. The lowest BCUT2D eigenvalue weighted by molar-refractivity contribution is -0.113. The maximum absolute atomic E-state index is 12.0. The van der Waals surface area contributed by atoms with Crippen LogP contribution in [0.2, 0.25) is 5.02 Å². The second-order valence-electron chi connectivity index (χ2n) is 4.51. The van der Waals surface area contributed by atoms with Crippen molar-refractivity contribution in [3.63, 3.8) is 0 Å². The number of carbonyl (C=O) groups excluding carboxylic acids is 1. The summed E-state index contributed by atoms with van der Waals surface area (Å²) in [5.74, 6) is 1.66. The summed E-state index contributed by atoms with van der Waals surface area (Å²) in [6.07, 6.45) is 0. The normalized spacial score (nSPS) is 10.3. The van der Waals surface area contributed by atoms with Gasteiger partial charge in [-0.15, -0.1) is 11.8 Å². The van der Waals surface area contributed by atoms with Crippen molar-refractivity contribution in [1.29, 1.82) is 0 Å². The van der Waals surface area contributed by atoms with E-state index in [0.717, 1.165) is 10.2 Å². The number of ether oxygens (including phenoxy) is 1. The third-order valence-corrected chi connectivity index (χ3v) is 4.62. The number of carbonyl (C=O) groups is 1. The zero-order chi connectivity index (χ0) is 15.9. The molecule has 22 heavy (non-hydrogen) atoms. The van der Waals surface area contributed by atoms with Crippen LogP contribution in [-0.2, 0) is 10.5 Å². The Hall–Kier alpha value is -1.17. The molecule has 0 fully saturated rings. The number of hydrogen-bond donors (Lipinski definition) is 1. The Morgan fingerprint density at radius 3 is 2.68 bits per heavy atom. The van der Waals surface area contributed by atoms with E-state index in [9.17, 15) is 4.79 Å². The third kappa shape index (κ3) is 5.23. The van der Waals surface area contributed by atoms with E-state index in [2.05, 4.69) is 21.2 Å². The number of halogens is 2. The van der Waals surface area contributed by atoms with E-state index in [1.807, 2.05) is 24.3 Å². The van der Waals surface area contributed by atoms with Gasteiger partial charge in [0.15, 0.2) is 0 Å². The average molecular weight is 401 g/mol. The maximum Gasteiger partial charge on any atom is 0.234 e. The molecule has 0 saturated carbocycles. The smallest absolute Gasteiger partial charge is 0.234 e. The number of nitrogens with one attached hydrogen (secondary N) is 1. The van der Waals surface area contributed by atoms with Gasteiger partial charge in [0.25, 0.3) is 0 Å². The highest BCUT2D eigenvalue weighted by Gasteiger charge is 2.08. The summed E-state index contributed by atoms with van der Waals surface area (Å²) in [4.78, 5) is 12.0. The van der Waals surface area contributed by atoms with Gasteiger partial charge >= 0.3 is 0 Å². The van der Waals surface area contributed by atoms with E-state index in [1.165, 1.54) is 5.56 Å². The van der Waals surface area contributed by atoms with Crippen LogP contribution in [0.15, 0.2) is 46.9 Å². The SMILES string of the molecule is COc1ccc(Cl)cc1NC(=O)CSCc1ccc(Br)cc1. The molecule has 1 N–H and O–H groups in total. The number of thioether (sulfide) groups is 1. The van der Waals surface area contributed by atoms with Crippen LogP contribution in [0.25, 0.3) is 0 Å². The second kappa shape index (κ2) is 8.46. The van der Waals surface area contributed by atoms with Crippen LogP contribution >= 0.6 is 39.3 Å². The van der Waals surface area contributed by atoms with E-state index in [4.69, 9.17) is 16.3 Å². The molecule has 116 valence electrons. The number of hydrogen-bond acceptors (Lipinski definition) is 3. The van der Waals surface area contributed by atoms with Gasteiger partial charge in [-0.2, -0.15) is 0 Å². The average Bonchev–Trinajstić information content (AvgIpc) is 2.49. The van der Waals surface area contributed by atoms with E-state index in [0.29, 0.717) is 22.2 Å². The Kier molecular flexibility index (Phi) is 6.61. The number of rotatable bonds is 6. The molecular formula is C16H15BrClNO2S. The minimum Gasteiger partial charge on any atom is -0.495 e. The van der Waals surface area contributed by atoms with E-state index < -0.39 is 0 Å². The summed E-state index contributed by atoms with van der Waals surface area (Å²) >= 11 is 10.9. The maximum atomic E-state index is 12.0. The molecule has 2 rings (SSSR count). The predicted octanol–water partition coefficient (Wildman–Crippen LogP) is 4.98. The van der Waals surface area contributed by atoms with Gasteiger partial charge in [-0.05, 0) is 35.9 Å². The lowest BCUT2D eigenvalue weighted by Gasteiger charge is -2.10. The molecule has 0 aliphatic carbocycles. The van der Waals surface area contributed by atoms with Crippen molar-refractivity contribution in [2.75, 3.05) is 18.2 Å². The second-order valence-corrected chi connectivity index (χ2v) is 6.85. The summed E-state index contributed by atoms with van der Waals surface area (Å²) in [6, 6.07) is 13.2. The van der Waals surface area contributed by atoms with E-state index in [-0.39, 0.29) is 5.91 Å². The molecule has 0 radical (unpaired) electrons. The molecule has 0 aliphatic rings. The topological polar surface area (TPSA) is 38.3 Å². The molecule has 0 aliphatic heterocycles. The van der Waals surface area contributed by atoms with Gasteiger partial charge in [0.1, 0.15) is 5.75 Å². The minimum atomic E-state index is -0.0809. The highest BCUT2D eigenvalue weighted by Crippen LogP contribution is 2.27. The summed E-state index contributed by atoms with van der Waals surface area (Å²) in [7, 11) is 1.56. The van der Waals surface area contributed by atoms with Gasteiger partial charge < -0.3 is 10.1 Å². The molecule has 0 unspecified atom stereocenters. The molecule has 2 aromatic rings. The monoisotopic (exact) mass is 399 g/mol. The lowest BCUT2D eigenvalue weighted by Crippen LogP contribution is -2.14. The Balaban J connectivity index is 1.85. The standard InChI is InChI=1S/C16H15BrClNO2S/c1-21-15-7-6-13(18)8-14(15)19-16(20)10-22-9-11-2-4-12(17)5-3-11/h2-8H,9-10H2,1H3,(H,19,20). The molecular weight excluding hydrogens is 386 g/mol. The fourth-order valence-corrected chi connectivity index (χ4v) is 3.03. The molecule has 0 atom stereocenters. The number of anilines is 1. The van der Waals surface area contributed by atoms with Crippen molar-refractivity contribution in [3.8, 4) is 5.75 Å². The van der Waals surface area contributed by atoms with Crippen molar-refractivity contribution in [2.24, 2.45) is 0 Å². The molecule has 0 saturated heterocycles. The highest BCUT2D eigenvalue weighted by molar-refractivity contribution is 9.10. The van der Waals surface area contributed by atoms with Crippen molar-refractivity contribution in [1.82, 2.24) is 0 Å². The number of amides is 1. The van der Waals surface area contributed by atoms with Crippen LogP contribution in [0, 0.1) is 0 Å². The van der Waals surface area contributed by atoms with Gasteiger partial charge in [0, 0.05) is 15.2 Å². The molecule has 2 aromatic carbocycles. The van der Waals surface area contributed by atoms with Crippen molar-refractivity contribution < 1.29 is 9.53 Å². The Morgan fingerprint density at radius 1 is 1.27 bits per heavy atom. The predicted molar refractivity (Wildman–Crippen MR) is 96.9 cm³/mol. The van der Waals surface area contributed by atoms with Gasteiger partial charge in [0.2, 0.25) is 5.91 Å². The third-order valence-electron chi connectivity index (χ3n) is 2.85. The van der Waals surface area contributed by atoms with Crippen LogP contribution in [0.4, 0.5) is 5.69 Å². The zero-order valence-corrected chi connectivity index (χ0v) is 15.1. The van der Waals surface area contributed by atoms with E-state index >= 15 is 0 Å². The molecule has 0 spiro atoms. The summed E-state index contributed by atoms with van der Waals surface area (Å²) < 4.78 is 6.25. The fraction of sp³-hybridized carbons (Fsp3) is 0.188. The molecule has 0 bridgehead atoms. The lowest BCUT2D eigenvalue weighted by atomic mass is 10.2. The molecule has 0 heterocycles. The zero-order valence-electron chi connectivity index (χ0n) is 11.9. The van der Waals surface area contributed by atoms with Gasteiger partial charge in [-0.25, -0.2) is 0 Å². The van der Waals surface area contributed by atoms with Crippen LogP contribution in [0.3, 0.4) is 0 Å². The van der Waals surface area contributed by atoms with Crippen LogP contribution in [-0.4, -0.2) is 18.8 Å². The van der Waals surface area contributed by atoms with Gasteiger partial charge in [0.05, 0.1) is 18.6 Å². The molecule has 6 heteroatoms. The van der Waals surface area contributed by atoms with E-state index in [1.54, 1.807) is 37.1 Å². The largest absolute Gasteiger partial charge is 0.495 e. The summed E-state index contributed by atoms with van der Waals surface area (Å²) in [6.45, 7) is 0. The first kappa shape index (κ1) is 17.2. The quantitative estimate of drug-likeness (QED) is 0.743. The fourth-order valence-electron chi connectivity index (χ4n) is 1.81. The van der Waals surface area contributed by atoms with Crippen LogP contribution in [0.5, 0.6) is 5.75 Å². The van der Waals surface area contributed by atoms with Crippen molar-refractivity contribution >= 4 is 50.9 Å². The first-order valence-corrected chi connectivity index (χ1v) is 8.86. The van der Waals surface area contributed by atoms with Crippen LogP contribution < -0.4 is 10.1 Å². The van der Waals surface area contributed by atoms with Gasteiger partial charge in [-0.3, -0.25) is 4.79 Å². The Labute approximate surface area is 147 Å². The minimum absolute atomic E-state index is 0.0809. The van der Waals surface area contributed by atoms with Crippen molar-refractivity contribution in [2.45, 2.75) is 5.75 Å². The van der Waals surface area contributed by atoms with Crippen LogP contribution in [0.1, 0.15) is 5.56 Å². The summed E-state index contributed by atoms with van der Waals surface area (Å²) in [5.41, 5.74) is 1.77. The summed E-state index contributed by atoms with van der Waals surface area (Å²) in [5, 5.41) is 3.38. The number of methoxy groups -OCH3 is 1. The molecule has 0 aromatic heterocycles. The molecule has 3 nitrogen and oxygen atoms in total. The van der Waals surface area contributed by atoms with Gasteiger partial charge in [-0.1, -0.05) is 39.7 Å². The highest BCUT2D eigenvalue weighted by atomic mass is 79.9. The Bertz CT molecular complexity index is 649. The molecule has 1 amide bonds. The first-order chi connectivity index (χ1) is 10.6. The van der Waals surface area contributed by atoms with Crippen molar-refractivity contribution in [3.05, 3.63) is 57.5 Å². The Morgan fingerprint density at radius 2 is 2.00 bits per heavy atom.